The van der Waals surface area contributed by atoms with Gasteiger partial charge in [0.2, 0.25) is 11.8 Å². The van der Waals surface area contributed by atoms with E-state index >= 15 is 0 Å². The number of halogens is 3. The van der Waals surface area contributed by atoms with Gasteiger partial charge in [-0.2, -0.15) is 0 Å². The van der Waals surface area contributed by atoms with Crippen molar-refractivity contribution < 1.29 is 19.1 Å². The van der Waals surface area contributed by atoms with Crippen LogP contribution in [0.15, 0.2) is 65.4 Å². The van der Waals surface area contributed by atoms with Crippen LogP contribution in [0.3, 0.4) is 0 Å². The van der Waals surface area contributed by atoms with Crippen LogP contribution >= 0.6 is 39.1 Å². The van der Waals surface area contributed by atoms with E-state index in [0.717, 1.165) is 15.9 Å². The number of likely N-dealkylation sites (N-methyl/N-ethyl adjacent to an activating group) is 1. The van der Waals surface area contributed by atoms with Crippen molar-refractivity contribution in [2.45, 2.75) is 27.4 Å². The van der Waals surface area contributed by atoms with E-state index in [2.05, 4.69) is 26.2 Å². The highest BCUT2D eigenvalue weighted by Crippen LogP contribution is 2.35. The first kappa shape index (κ1) is 33.0. The number of carbonyl (C=O) groups is 3. The van der Waals surface area contributed by atoms with Crippen molar-refractivity contribution in [1.29, 1.82) is 0 Å². The number of amides is 3. The van der Waals surface area contributed by atoms with Gasteiger partial charge in [-0.1, -0.05) is 35.3 Å². The first-order valence-electron chi connectivity index (χ1n) is 13.9. The Bertz CT molecular complexity index is 1720. The number of ether oxygens (including phenoxy) is 1. The molecule has 0 radical (unpaired) electrons. The molecule has 0 saturated carbocycles. The Balaban J connectivity index is 1.36. The Kier molecular flexibility index (Phi) is 11.1. The summed E-state index contributed by atoms with van der Waals surface area (Å²) in [6.45, 7) is 6.81. The van der Waals surface area contributed by atoms with Crippen LogP contribution in [0.1, 0.15) is 41.0 Å². The van der Waals surface area contributed by atoms with Gasteiger partial charge in [0.15, 0.2) is 11.4 Å². The zero-order valence-corrected chi connectivity index (χ0v) is 27.8. The molecule has 0 saturated heterocycles. The summed E-state index contributed by atoms with van der Waals surface area (Å²) in [5.74, 6) is -0.323. The summed E-state index contributed by atoms with van der Waals surface area (Å²) in [5.41, 5.74) is 3.71. The number of hydrogen-bond donors (Lipinski definition) is 1. The molecule has 0 atom stereocenters. The SMILES string of the molecule is CCN(CC)C(=O)c1ccc(/C=C/C(=O)NCC(=O)N(C)c2ccc(Cl)c(COc3cccn4c(Br)c(C)nc34)c2Cl)cc1. The molecule has 230 valence electrons. The molecule has 0 aliphatic heterocycles. The lowest BCUT2D eigenvalue weighted by Gasteiger charge is -2.21. The van der Waals surface area contributed by atoms with E-state index < -0.39 is 5.91 Å². The number of nitrogens with one attached hydrogen (secondary N) is 1. The number of pyridine rings is 1. The van der Waals surface area contributed by atoms with Gasteiger partial charge in [-0.15, -0.1) is 0 Å². The molecule has 44 heavy (non-hydrogen) atoms. The summed E-state index contributed by atoms with van der Waals surface area (Å²) in [7, 11) is 1.57. The molecule has 0 aliphatic carbocycles. The maximum Gasteiger partial charge on any atom is 0.253 e. The average molecular weight is 701 g/mol. The van der Waals surface area contributed by atoms with Crippen molar-refractivity contribution in [2.75, 3.05) is 31.6 Å². The molecule has 4 rings (SSSR count). The predicted molar refractivity (Wildman–Crippen MR) is 178 cm³/mol. The van der Waals surface area contributed by atoms with Crippen LogP contribution in [-0.2, 0) is 16.2 Å². The number of anilines is 1. The highest BCUT2D eigenvalue weighted by molar-refractivity contribution is 9.10. The lowest BCUT2D eigenvalue weighted by molar-refractivity contribution is -0.122. The van der Waals surface area contributed by atoms with E-state index in [9.17, 15) is 14.4 Å². The number of imidazole rings is 1. The van der Waals surface area contributed by atoms with E-state index in [1.165, 1.54) is 11.0 Å². The molecule has 0 spiro atoms. The molecule has 1 N–H and O–H groups in total. The Morgan fingerprint density at radius 3 is 2.45 bits per heavy atom. The second kappa shape index (κ2) is 14.7. The van der Waals surface area contributed by atoms with Gasteiger partial charge in [-0.25, -0.2) is 4.98 Å². The van der Waals surface area contributed by atoms with Crippen LogP contribution < -0.4 is 15.0 Å². The molecule has 0 fully saturated rings. The number of carbonyl (C=O) groups excluding carboxylic acids is 3. The van der Waals surface area contributed by atoms with Crippen LogP contribution in [0.25, 0.3) is 11.7 Å². The Morgan fingerprint density at radius 2 is 1.77 bits per heavy atom. The molecule has 12 heteroatoms. The van der Waals surface area contributed by atoms with Crippen LogP contribution in [0.4, 0.5) is 5.69 Å². The van der Waals surface area contributed by atoms with Crippen LogP contribution in [0, 0.1) is 6.92 Å². The summed E-state index contributed by atoms with van der Waals surface area (Å²) in [6.07, 6.45) is 4.82. The third kappa shape index (κ3) is 7.43. The highest BCUT2D eigenvalue weighted by atomic mass is 79.9. The fraction of sp³-hybridized carbons (Fsp3) is 0.250. The minimum Gasteiger partial charge on any atom is -0.485 e. The van der Waals surface area contributed by atoms with Gasteiger partial charge in [0, 0.05) is 48.6 Å². The zero-order chi connectivity index (χ0) is 32.0. The minimum absolute atomic E-state index is 0.0400. The van der Waals surface area contributed by atoms with Gasteiger partial charge in [-0.3, -0.25) is 18.8 Å². The van der Waals surface area contributed by atoms with Crippen LogP contribution in [0.2, 0.25) is 10.0 Å². The van der Waals surface area contributed by atoms with E-state index in [4.69, 9.17) is 27.9 Å². The van der Waals surface area contributed by atoms with Crippen molar-refractivity contribution >= 4 is 74.3 Å². The monoisotopic (exact) mass is 699 g/mol. The Labute approximate surface area is 274 Å². The minimum atomic E-state index is -0.443. The van der Waals surface area contributed by atoms with E-state index in [1.807, 2.05) is 37.4 Å². The van der Waals surface area contributed by atoms with Gasteiger partial charge in [0.25, 0.3) is 5.91 Å². The van der Waals surface area contributed by atoms with Crippen molar-refractivity contribution in [3.63, 3.8) is 0 Å². The Morgan fingerprint density at radius 1 is 1.07 bits per heavy atom. The maximum absolute atomic E-state index is 12.9. The van der Waals surface area contributed by atoms with Crippen LogP contribution in [0.5, 0.6) is 5.75 Å². The first-order chi connectivity index (χ1) is 21.0. The fourth-order valence-electron chi connectivity index (χ4n) is 4.44. The topological polar surface area (TPSA) is 96.2 Å². The molecule has 3 amide bonds. The zero-order valence-electron chi connectivity index (χ0n) is 24.7. The summed E-state index contributed by atoms with van der Waals surface area (Å²) >= 11 is 16.7. The van der Waals surface area contributed by atoms with Crippen molar-refractivity contribution in [3.8, 4) is 5.75 Å². The quantitative estimate of drug-likeness (QED) is 0.179. The third-order valence-electron chi connectivity index (χ3n) is 7.04. The lowest BCUT2D eigenvalue weighted by atomic mass is 10.1. The fourth-order valence-corrected chi connectivity index (χ4v) is 5.42. The van der Waals surface area contributed by atoms with Gasteiger partial charge in [-0.05, 0) is 84.7 Å². The second-order valence-electron chi connectivity index (χ2n) is 9.81. The van der Waals surface area contributed by atoms with E-state index in [0.29, 0.717) is 46.3 Å². The number of nitrogens with zero attached hydrogens (tertiary/aromatic N) is 4. The normalized spacial score (nSPS) is 11.2. The van der Waals surface area contributed by atoms with Crippen molar-refractivity contribution in [3.05, 3.63) is 97.8 Å². The van der Waals surface area contributed by atoms with Crippen molar-refractivity contribution in [1.82, 2.24) is 19.6 Å². The van der Waals surface area contributed by atoms with Gasteiger partial charge < -0.3 is 19.9 Å². The van der Waals surface area contributed by atoms with Gasteiger partial charge in [0.1, 0.15) is 11.2 Å². The molecule has 9 nitrogen and oxygen atoms in total. The summed E-state index contributed by atoms with van der Waals surface area (Å²) in [4.78, 5) is 45.5. The number of aromatic nitrogens is 2. The highest BCUT2D eigenvalue weighted by Gasteiger charge is 2.20. The predicted octanol–water partition coefficient (Wildman–Crippen LogP) is 6.57. The summed E-state index contributed by atoms with van der Waals surface area (Å²) in [6, 6.07) is 13.9. The average Bonchev–Trinajstić information content (AvgIpc) is 3.32. The summed E-state index contributed by atoms with van der Waals surface area (Å²) in [5, 5.41) is 3.24. The molecule has 2 heterocycles. The van der Waals surface area contributed by atoms with E-state index in [1.54, 1.807) is 60.5 Å². The number of benzene rings is 2. The summed E-state index contributed by atoms with van der Waals surface area (Å²) < 4.78 is 8.75. The second-order valence-corrected chi connectivity index (χ2v) is 11.3. The third-order valence-corrected chi connectivity index (χ3v) is 8.77. The molecule has 0 unspecified atom stereocenters. The molecule has 4 aromatic rings. The van der Waals surface area contributed by atoms with E-state index in [-0.39, 0.29) is 30.0 Å². The molecule has 0 bridgehead atoms. The number of hydrogen-bond acceptors (Lipinski definition) is 5. The smallest absolute Gasteiger partial charge is 0.253 e. The molecule has 0 aliphatic rings. The Hall–Kier alpha value is -3.86. The number of aryl methyl sites for hydroxylation is 1. The molecular formula is C32H32BrCl2N5O4. The van der Waals surface area contributed by atoms with Crippen LogP contribution in [-0.4, -0.2) is 58.7 Å². The molecular weight excluding hydrogens is 669 g/mol. The largest absolute Gasteiger partial charge is 0.485 e. The number of rotatable bonds is 11. The van der Waals surface area contributed by atoms with Crippen molar-refractivity contribution in [2.24, 2.45) is 0 Å². The molecule has 2 aromatic heterocycles. The lowest BCUT2D eigenvalue weighted by Crippen LogP contribution is -2.37. The van der Waals surface area contributed by atoms with Gasteiger partial charge in [0.05, 0.1) is 22.9 Å². The van der Waals surface area contributed by atoms with Gasteiger partial charge >= 0.3 is 0 Å². The molecule has 2 aromatic carbocycles. The number of fused-ring (bicyclic) bond motifs is 1. The standard InChI is InChI=1S/C32H32BrCl2N5O4/c1-5-39(6-2)32(43)22-12-9-21(10-13-22)11-16-27(41)36-18-28(42)38(4)25-15-14-24(34)23(29(25)35)19-44-26-8-7-17-40-30(33)20(3)37-31(26)40/h7-17H,5-6,18-19H2,1-4H3,(H,36,41)/b16-11+. The first-order valence-corrected chi connectivity index (χ1v) is 15.4. The maximum atomic E-state index is 12.9.